The van der Waals surface area contributed by atoms with Crippen LogP contribution in [0.2, 0.25) is 0 Å². The second-order valence-corrected chi connectivity index (χ2v) is 10.8. The van der Waals surface area contributed by atoms with E-state index in [1.54, 1.807) is 13.2 Å². The van der Waals surface area contributed by atoms with Crippen molar-refractivity contribution in [3.63, 3.8) is 0 Å². The number of methoxy groups -OCH3 is 1. The molecule has 3 fully saturated rings. The molecule has 0 aromatic heterocycles. The van der Waals surface area contributed by atoms with E-state index >= 15 is 0 Å². The van der Waals surface area contributed by atoms with Crippen molar-refractivity contribution in [2.45, 2.75) is 81.5 Å². The van der Waals surface area contributed by atoms with E-state index in [9.17, 15) is 15.0 Å². The number of phenolic OH excluding ortho intramolecular Hbond substituents is 1. The molecular weight excluding hydrogens is 408 g/mol. The fourth-order valence-electron chi connectivity index (χ4n) is 7.58. The number of piperidine rings is 1. The maximum atomic E-state index is 11.3. The monoisotopic (exact) mass is 442 g/mol. The first-order valence-electron chi connectivity index (χ1n) is 12.2. The summed E-state index contributed by atoms with van der Waals surface area (Å²) in [7, 11) is 1.69. The van der Waals surface area contributed by atoms with Crippen LogP contribution in [0.1, 0.15) is 56.6 Å². The highest BCUT2D eigenvalue weighted by molar-refractivity contribution is 5.67. The van der Waals surface area contributed by atoms with Gasteiger partial charge in [0.05, 0.1) is 13.5 Å². The van der Waals surface area contributed by atoms with E-state index in [1.807, 2.05) is 6.92 Å². The average Bonchev–Trinajstić information content (AvgIpc) is 3.49. The van der Waals surface area contributed by atoms with Crippen LogP contribution in [-0.4, -0.2) is 65.5 Å². The fraction of sp³-hybridized carbons (Fsp3) is 0.720. The number of nitrogens with zero attached hydrogens (tertiary/aromatic N) is 1. The number of hydrogen-bond donors (Lipinski definition) is 3. The summed E-state index contributed by atoms with van der Waals surface area (Å²) >= 11 is 0. The third-order valence-corrected chi connectivity index (χ3v) is 8.91. The van der Waals surface area contributed by atoms with Gasteiger partial charge >= 0.3 is 5.97 Å². The highest BCUT2D eigenvalue weighted by Gasteiger charge is 2.66. The van der Waals surface area contributed by atoms with E-state index in [1.165, 1.54) is 30.5 Å². The van der Waals surface area contributed by atoms with Gasteiger partial charge in [0.25, 0.3) is 0 Å². The maximum Gasteiger partial charge on any atom is 0.304 e. The topological polar surface area (TPSA) is 91.3 Å². The summed E-state index contributed by atoms with van der Waals surface area (Å²) in [6.07, 6.45) is 6.75. The van der Waals surface area contributed by atoms with E-state index in [4.69, 9.17) is 9.47 Å². The molecule has 32 heavy (non-hydrogen) atoms. The zero-order valence-electron chi connectivity index (χ0n) is 19.0. The molecule has 3 N–H and O–H groups in total. The van der Waals surface area contributed by atoms with Gasteiger partial charge in [0, 0.05) is 47.3 Å². The van der Waals surface area contributed by atoms with Gasteiger partial charge in [-0.05, 0) is 63.8 Å². The van der Waals surface area contributed by atoms with Crippen molar-refractivity contribution in [2.75, 3.05) is 20.2 Å². The van der Waals surface area contributed by atoms with Gasteiger partial charge in [-0.2, -0.15) is 0 Å². The van der Waals surface area contributed by atoms with Crippen LogP contribution in [0.5, 0.6) is 17.2 Å². The lowest BCUT2D eigenvalue weighted by Gasteiger charge is -2.60. The zero-order valence-corrected chi connectivity index (χ0v) is 19.0. The number of benzene rings is 1. The molecule has 7 nitrogen and oxygen atoms in total. The number of carboxylic acids is 1. The predicted molar refractivity (Wildman–Crippen MR) is 119 cm³/mol. The van der Waals surface area contributed by atoms with Crippen molar-refractivity contribution >= 4 is 5.97 Å². The molecule has 7 heteroatoms. The van der Waals surface area contributed by atoms with Crippen molar-refractivity contribution in [3.05, 3.63) is 17.2 Å². The largest absolute Gasteiger partial charge is 0.504 e. The Kier molecular flexibility index (Phi) is 4.67. The van der Waals surface area contributed by atoms with Crippen molar-refractivity contribution in [1.29, 1.82) is 0 Å². The minimum absolute atomic E-state index is 0.0694. The minimum Gasteiger partial charge on any atom is -0.504 e. The number of aliphatic carboxylic acids is 1. The normalized spacial score (nSPS) is 35.7. The molecule has 1 spiro atoms. The van der Waals surface area contributed by atoms with E-state index in [2.05, 4.69) is 10.2 Å². The molecular formula is C25H34N2O5. The van der Waals surface area contributed by atoms with Gasteiger partial charge in [0.15, 0.2) is 11.5 Å². The van der Waals surface area contributed by atoms with Crippen LogP contribution in [0.25, 0.3) is 0 Å². The average molecular weight is 443 g/mol. The van der Waals surface area contributed by atoms with Gasteiger partial charge in [0.1, 0.15) is 11.9 Å². The summed E-state index contributed by atoms with van der Waals surface area (Å²) < 4.78 is 12.4. The van der Waals surface area contributed by atoms with E-state index in [0.29, 0.717) is 17.7 Å². The fourth-order valence-corrected chi connectivity index (χ4v) is 7.58. The molecule has 1 aromatic carbocycles. The Bertz CT molecular complexity index is 947. The molecule has 0 radical (unpaired) electrons. The van der Waals surface area contributed by atoms with Crippen molar-refractivity contribution in [2.24, 2.45) is 11.8 Å². The number of rotatable bonds is 7. The summed E-state index contributed by atoms with van der Waals surface area (Å²) in [4.78, 5) is 14.0. The number of aromatic hydroxyl groups is 1. The summed E-state index contributed by atoms with van der Waals surface area (Å²) in [6, 6.07) is 2.14. The lowest BCUT2D eigenvalue weighted by molar-refractivity contribution is -0.137. The molecule has 1 aromatic rings. The molecule has 2 bridgehead atoms. The summed E-state index contributed by atoms with van der Waals surface area (Å²) in [5, 5.41) is 23.7. The molecule has 3 aliphatic carbocycles. The molecule has 174 valence electrons. The van der Waals surface area contributed by atoms with Crippen LogP contribution < -0.4 is 14.8 Å². The van der Waals surface area contributed by atoms with Crippen molar-refractivity contribution < 1.29 is 24.5 Å². The van der Waals surface area contributed by atoms with E-state index < -0.39 is 5.97 Å². The van der Waals surface area contributed by atoms with Crippen LogP contribution in [-0.2, 0) is 16.6 Å². The first-order valence-corrected chi connectivity index (χ1v) is 12.2. The lowest BCUT2D eigenvalue weighted by atomic mass is 9.51. The second kappa shape index (κ2) is 7.26. The number of carboxylic acid groups (broad SMARTS) is 1. The Balaban J connectivity index is 1.42. The Labute approximate surface area is 189 Å². The third-order valence-electron chi connectivity index (χ3n) is 8.91. The van der Waals surface area contributed by atoms with E-state index in [-0.39, 0.29) is 35.8 Å². The second-order valence-electron chi connectivity index (χ2n) is 10.8. The van der Waals surface area contributed by atoms with Crippen LogP contribution in [0, 0.1) is 11.8 Å². The predicted octanol–water partition coefficient (Wildman–Crippen LogP) is 2.67. The van der Waals surface area contributed by atoms with Gasteiger partial charge < -0.3 is 25.0 Å². The van der Waals surface area contributed by atoms with Crippen molar-refractivity contribution in [3.8, 4) is 17.2 Å². The summed E-state index contributed by atoms with van der Waals surface area (Å²) in [5.41, 5.74) is 2.26. The number of ether oxygens (including phenoxy) is 2. The lowest BCUT2D eigenvalue weighted by Crippen LogP contribution is -2.69. The standard InChI is InChI=1S/C25H34N2O5/c1-13(9-21(29)30)26-17-6-5-16-18-10-15-20(31-2)11-19(28)23-22(15)25(16,24(17)32-23)7-8-27(18)12-14-3-4-14/h11,13-14,16-18,24,26,28H,3-10,12H2,1-2H3,(H,29,30)/t13?,16-,17+,18+,24-,25-/m0/s1. The number of carbonyl (C=O) groups is 1. The van der Waals surface area contributed by atoms with Crippen molar-refractivity contribution in [1.82, 2.24) is 10.2 Å². The van der Waals surface area contributed by atoms with Crippen LogP contribution >= 0.6 is 0 Å². The molecule has 2 saturated carbocycles. The molecule has 0 amide bonds. The SMILES string of the molecule is COc1cc(O)c2c3c1C[C@@H]1[C@@H]4CC[C@@H](NC(C)CC(=O)O)[C@H](O2)[C@]34CCN1CC1CC1. The number of phenols is 1. The number of likely N-dealkylation sites (tertiary alicyclic amines) is 1. The van der Waals surface area contributed by atoms with E-state index in [0.717, 1.165) is 43.9 Å². The molecule has 6 rings (SSSR count). The molecule has 5 aliphatic rings. The van der Waals surface area contributed by atoms with Crippen LogP contribution in [0.15, 0.2) is 6.07 Å². The van der Waals surface area contributed by atoms with Gasteiger partial charge in [0.2, 0.25) is 0 Å². The summed E-state index contributed by atoms with van der Waals surface area (Å²) in [5.74, 6) is 2.14. The van der Waals surface area contributed by atoms with Gasteiger partial charge in [-0.3, -0.25) is 9.69 Å². The Morgan fingerprint density at radius 1 is 1.38 bits per heavy atom. The Morgan fingerprint density at radius 2 is 2.19 bits per heavy atom. The summed E-state index contributed by atoms with van der Waals surface area (Å²) in [6.45, 7) is 4.20. The molecule has 1 saturated heterocycles. The van der Waals surface area contributed by atoms with Gasteiger partial charge in [-0.15, -0.1) is 0 Å². The molecule has 2 heterocycles. The number of hydrogen-bond acceptors (Lipinski definition) is 6. The Morgan fingerprint density at radius 3 is 2.91 bits per heavy atom. The first-order chi connectivity index (χ1) is 15.4. The minimum atomic E-state index is -0.789. The molecule has 1 unspecified atom stereocenters. The molecule has 6 atom stereocenters. The first kappa shape index (κ1) is 20.6. The van der Waals surface area contributed by atoms with Crippen LogP contribution in [0.3, 0.4) is 0 Å². The third kappa shape index (κ3) is 2.90. The smallest absolute Gasteiger partial charge is 0.304 e. The molecule has 2 aliphatic heterocycles. The number of nitrogens with one attached hydrogen (secondary N) is 1. The zero-order chi connectivity index (χ0) is 22.2. The van der Waals surface area contributed by atoms with Gasteiger partial charge in [-0.1, -0.05) is 0 Å². The highest BCUT2D eigenvalue weighted by atomic mass is 16.5. The maximum absolute atomic E-state index is 11.3. The quantitative estimate of drug-likeness (QED) is 0.598. The Hall–Kier alpha value is -1.99. The van der Waals surface area contributed by atoms with Gasteiger partial charge in [-0.25, -0.2) is 0 Å². The highest BCUT2D eigenvalue weighted by Crippen LogP contribution is 2.65. The van der Waals surface area contributed by atoms with Crippen LogP contribution in [0.4, 0.5) is 0 Å².